The predicted molar refractivity (Wildman–Crippen MR) is 64.3 cm³/mol. The van der Waals surface area contributed by atoms with Gasteiger partial charge >= 0.3 is 5.69 Å². The van der Waals surface area contributed by atoms with Gasteiger partial charge in [0.05, 0.1) is 16.3 Å². The summed E-state index contributed by atoms with van der Waals surface area (Å²) in [6.07, 6.45) is 2.24. The van der Waals surface area contributed by atoms with Crippen molar-refractivity contribution in [3.05, 3.63) is 30.6 Å². The second-order valence-electron chi connectivity index (χ2n) is 3.62. The van der Waals surface area contributed by atoms with Gasteiger partial charge in [-0.2, -0.15) is 0 Å². The van der Waals surface area contributed by atoms with E-state index in [0.717, 1.165) is 0 Å². The summed E-state index contributed by atoms with van der Waals surface area (Å²) in [7, 11) is 0. The summed E-state index contributed by atoms with van der Waals surface area (Å²) in [6.45, 7) is -0.0499. The third kappa shape index (κ3) is 2.20. The molecule has 1 aliphatic rings. The molecule has 0 amide bonds. The Balaban J connectivity index is 2.32. The third-order valence-corrected chi connectivity index (χ3v) is 3.29. The molecular formula is C9H11IN2O4. The van der Waals surface area contributed by atoms with Crippen LogP contribution in [0.3, 0.4) is 0 Å². The number of nitrogens with zero attached hydrogens (tertiary/aromatic N) is 1. The number of H-pyrrole nitrogens is 1. The summed E-state index contributed by atoms with van der Waals surface area (Å²) < 4.78 is 7.26. The Kier molecular flexibility index (Phi) is 3.45. The van der Waals surface area contributed by atoms with Crippen LogP contribution in [0.25, 0.3) is 0 Å². The number of halogens is 1. The number of aliphatic hydroxyl groups is 1. The number of hydrogen-bond donors (Lipinski definition) is 2. The van der Waals surface area contributed by atoms with E-state index in [0.29, 0.717) is 16.4 Å². The average Bonchev–Trinajstić information content (AvgIpc) is 2.71. The number of aliphatic hydroxyl groups excluding tert-OH is 1. The monoisotopic (exact) mass is 338 g/mol. The Labute approximate surface area is 104 Å². The fourth-order valence-electron chi connectivity index (χ4n) is 1.70. The first-order chi connectivity index (χ1) is 7.61. The van der Waals surface area contributed by atoms with Gasteiger partial charge in [0.2, 0.25) is 0 Å². The first kappa shape index (κ1) is 11.8. The van der Waals surface area contributed by atoms with Gasteiger partial charge in [-0.05, 0) is 35.4 Å². The molecule has 0 aromatic carbocycles. The van der Waals surface area contributed by atoms with Crippen molar-refractivity contribution in [2.75, 3.05) is 6.61 Å². The van der Waals surface area contributed by atoms with Crippen LogP contribution < -0.4 is 11.2 Å². The van der Waals surface area contributed by atoms with Gasteiger partial charge in [-0.25, -0.2) is 4.79 Å². The van der Waals surface area contributed by atoms with E-state index in [1.54, 1.807) is 0 Å². The highest BCUT2D eigenvalue weighted by Gasteiger charge is 2.26. The highest BCUT2D eigenvalue weighted by molar-refractivity contribution is 14.1. The van der Waals surface area contributed by atoms with Gasteiger partial charge in [-0.1, -0.05) is 0 Å². The van der Waals surface area contributed by atoms with Crippen molar-refractivity contribution >= 4 is 22.6 Å². The van der Waals surface area contributed by atoms with E-state index in [9.17, 15) is 9.59 Å². The number of rotatable bonds is 2. The van der Waals surface area contributed by atoms with E-state index < -0.39 is 17.5 Å². The van der Waals surface area contributed by atoms with Crippen molar-refractivity contribution in [3.8, 4) is 0 Å². The van der Waals surface area contributed by atoms with Gasteiger partial charge in [0, 0.05) is 6.20 Å². The van der Waals surface area contributed by atoms with Crippen molar-refractivity contribution in [3.63, 3.8) is 0 Å². The Morgan fingerprint density at radius 1 is 1.56 bits per heavy atom. The van der Waals surface area contributed by atoms with Crippen molar-refractivity contribution < 1.29 is 9.84 Å². The van der Waals surface area contributed by atoms with Crippen molar-refractivity contribution in [1.29, 1.82) is 0 Å². The van der Waals surface area contributed by atoms with Crippen LogP contribution in [0.2, 0.25) is 0 Å². The van der Waals surface area contributed by atoms with Crippen LogP contribution in [0.4, 0.5) is 0 Å². The van der Waals surface area contributed by atoms with E-state index in [-0.39, 0.29) is 12.7 Å². The van der Waals surface area contributed by atoms with Gasteiger partial charge in [0.25, 0.3) is 5.56 Å². The van der Waals surface area contributed by atoms with Crippen molar-refractivity contribution in [1.82, 2.24) is 9.55 Å². The molecule has 7 heteroatoms. The summed E-state index contributed by atoms with van der Waals surface area (Å²) in [4.78, 5) is 24.9. The number of ether oxygens (including phenoxy) is 1. The summed E-state index contributed by atoms with van der Waals surface area (Å²) in [6, 6.07) is 0. The summed E-state index contributed by atoms with van der Waals surface area (Å²) in [5, 5.41) is 8.93. The minimum atomic E-state index is -0.478. The molecule has 1 aromatic heterocycles. The molecule has 1 aromatic rings. The molecule has 0 radical (unpaired) electrons. The highest BCUT2D eigenvalue weighted by Crippen LogP contribution is 2.26. The molecule has 0 unspecified atom stereocenters. The minimum Gasteiger partial charge on any atom is -0.394 e. The van der Waals surface area contributed by atoms with Gasteiger partial charge < -0.3 is 9.84 Å². The maximum Gasteiger partial charge on any atom is 0.330 e. The summed E-state index contributed by atoms with van der Waals surface area (Å²) in [5.41, 5.74) is -0.868. The standard InChI is InChI=1S/C9H11IN2O4/c10-6-3-12(9(15)11-8(6)14)7-2-1-5(4-13)16-7/h3,5,7,13H,1-2,4H2,(H,11,14,15)/t5-,7+/m1/s1. The quantitative estimate of drug-likeness (QED) is 0.733. The first-order valence-corrected chi connectivity index (χ1v) is 5.97. The molecule has 2 atom stereocenters. The first-order valence-electron chi connectivity index (χ1n) is 4.89. The molecule has 0 saturated carbocycles. The zero-order valence-corrected chi connectivity index (χ0v) is 10.5. The van der Waals surface area contributed by atoms with Crippen LogP contribution in [-0.4, -0.2) is 27.4 Å². The number of hydrogen-bond acceptors (Lipinski definition) is 4. The molecule has 2 rings (SSSR count). The zero-order valence-electron chi connectivity index (χ0n) is 8.35. The smallest absolute Gasteiger partial charge is 0.330 e. The zero-order chi connectivity index (χ0) is 11.7. The lowest BCUT2D eigenvalue weighted by Gasteiger charge is -2.14. The van der Waals surface area contributed by atoms with Gasteiger partial charge in [-0.15, -0.1) is 0 Å². The van der Waals surface area contributed by atoms with E-state index in [1.807, 2.05) is 22.6 Å². The molecule has 2 N–H and O–H groups in total. The number of aromatic amines is 1. The second-order valence-corrected chi connectivity index (χ2v) is 4.78. The maximum atomic E-state index is 11.5. The molecule has 0 spiro atoms. The topological polar surface area (TPSA) is 84.3 Å². The van der Waals surface area contributed by atoms with Crippen molar-refractivity contribution in [2.24, 2.45) is 0 Å². The van der Waals surface area contributed by atoms with E-state index in [4.69, 9.17) is 9.84 Å². The van der Waals surface area contributed by atoms with E-state index in [1.165, 1.54) is 10.8 Å². The SMILES string of the molecule is O=c1[nH]c(=O)n([C@@H]2CC[C@H](CO)O2)cc1I. The van der Waals surface area contributed by atoms with Crippen LogP contribution in [0.1, 0.15) is 19.1 Å². The van der Waals surface area contributed by atoms with Crippen molar-refractivity contribution in [2.45, 2.75) is 25.2 Å². The largest absolute Gasteiger partial charge is 0.394 e. The van der Waals surface area contributed by atoms with Gasteiger partial charge in [0.15, 0.2) is 0 Å². The normalized spacial score (nSPS) is 24.9. The summed E-state index contributed by atoms with van der Waals surface area (Å²) >= 11 is 1.86. The molecular weight excluding hydrogens is 327 g/mol. The lowest BCUT2D eigenvalue weighted by atomic mass is 10.2. The van der Waals surface area contributed by atoms with E-state index >= 15 is 0 Å². The molecule has 0 bridgehead atoms. The molecule has 2 heterocycles. The minimum absolute atomic E-state index is 0.0499. The van der Waals surface area contributed by atoms with Crippen LogP contribution >= 0.6 is 22.6 Å². The average molecular weight is 338 g/mol. The van der Waals surface area contributed by atoms with Gasteiger partial charge in [-0.3, -0.25) is 14.3 Å². The molecule has 1 fully saturated rings. The van der Waals surface area contributed by atoms with Crippen LogP contribution in [0.5, 0.6) is 0 Å². The van der Waals surface area contributed by atoms with Crippen LogP contribution in [0.15, 0.2) is 15.8 Å². The molecule has 1 aliphatic heterocycles. The molecule has 1 saturated heterocycles. The molecule has 88 valence electrons. The fourth-order valence-corrected chi connectivity index (χ4v) is 2.14. The molecule has 16 heavy (non-hydrogen) atoms. The fraction of sp³-hybridized carbons (Fsp3) is 0.556. The lowest BCUT2D eigenvalue weighted by Crippen LogP contribution is -2.33. The van der Waals surface area contributed by atoms with Gasteiger partial charge in [0.1, 0.15) is 6.23 Å². The Morgan fingerprint density at radius 3 is 2.94 bits per heavy atom. The summed E-state index contributed by atoms with van der Waals surface area (Å²) in [5.74, 6) is 0. The number of aromatic nitrogens is 2. The molecule has 0 aliphatic carbocycles. The lowest BCUT2D eigenvalue weighted by molar-refractivity contribution is -0.0247. The van der Waals surface area contributed by atoms with E-state index in [2.05, 4.69) is 4.98 Å². The Bertz CT molecular complexity index is 495. The van der Waals surface area contributed by atoms with Crippen LogP contribution in [-0.2, 0) is 4.74 Å². The maximum absolute atomic E-state index is 11.5. The van der Waals surface area contributed by atoms with Crippen LogP contribution in [0, 0.1) is 3.57 Å². The Morgan fingerprint density at radius 2 is 2.31 bits per heavy atom. The number of nitrogens with one attached hydrogen (secondary N) is 1. The predicted octanol–water partition coefficient (Wildman–Crippen LogP) is -0.189. The third-order valence-electron chi connectivity index (χ3n) is 2.52. The second kappa shape index (κ2) is 4.68. The molecule has 6 nitrogen and oxygen atoms in total. The Hall–Kier alpha value is -0.670. The highest BCUT2D eigenvalue weighted by atomic mass is 127.